The number of hydrogen-bond donors (Lipinski definition) is 0. The molecule has 0 aromatic heterocycles. The summed E-state index contributed by atoms with van der Waals surface area (Å²) in [6.45, 7) is 6.44. The Kier molecular flexibility index (Phi) is 54.4. The van der Waals surface area contributed by atoms with Crippen LogP contribution in [0.15, 0.2) is 109 Å². The van der Waals surface area contributed by atoms with Crippen LogP contribution in [0.5, 0.6) is 0 Å². The van der Waals surface area contributed by atoms with Gasteiger partial charge in [-0.1, -0.05) is 220 Å². The fourth-order valence-electron chi connectivity index (χ4n) is 7.65. The van der Waals surface area contributed by atoms with Crippen molar-refractivity contribution in [2.24, 2.45) is 0 Å². The Hall–Kier alpha value is -3.93. The fraction of sp³-hybridized carbons (Fsp3) is 0.672. The first-order valence-corrected chi connectivity index (χ1v) is 28.9. The van der Waals surface area contributed by atoms with Gasteiger partial charge in [0.15, 0.2) is 6.10 Å². The number of unbranched alkanes of at least 4 members (excludes halogenated alkanes) is 22. The maximum Gasteiger partial charge on any atom is 0.306 e. The first-order chi connectivity index (χ1) is 34.5. The Morgan fingerprint density at radius 1 is 0.300 bits per heavy atom. The van der Waals surface area contributed by atoms with Crippen LogP contribution in [0.25, 0.3) is 0 Å². The number of esters is 3. The highest BCUT2D eigenvalue weighted by molar-refractivity contribution is 5.71. The topological polar surface area (TPSA) is 78.9 Å². The highest BCUT2D eigenvalue weighted by Crippen LogP contribution is 2.14. The minimum absolute atomic E-state index is 0.104. The minimum atomic E-state index is -0.809. The molecule has 70 heavy (non-hydrogen) atoms. The van der Waals surface area contributed by atoms with Crippen molar-refractivity contribution in [2.45, 2.75) is 264 Å². The zero-order valence-corrected chi connectivity index (χ0v) is 45.5. The van der Waals surface area contributed by atoms with Gasteiger partial charge in [0.25, 0.3) is 0 Å². The number of allylic oxidation sites excluding steroid dienone is 18. The van der Waals surface area contributed by atoms with Crippen molar-refractivity contribution < 1.29 is 28.6 Å². The molecule has 0 saturated carbocycles. The number of rotatable bonds is 51. The van der Waals surface area contributed by atoms with Gasteiger partial charge in [-0.3, -0.25) is 14.4 Å². The van der Waals surface area contributed by atoms with Gasteiger partial charge in [-0.25, -0.2) is 0 Å². The summed E-state index contributed by atoms with van der Waals surface area (Å²) >= 11 is 0. The van der Waals surface area contributed by atoms with Crippen molar-refractivity contribution in [2.75, 3.05) is 13.2 Å². The predicted octanol–water partition coefficient (Wildman–Crippen LogP) is 19.5. The molecule has 0 bridgehead atoms. The van der Waals surface area contributed by atoms with Gasteiger partial charge < -0.3 is 14.2 Å². The van der Waals surface area contributed by atoms with Crippen LogP contribution in [0.4, 0.5) is 0 Å². The smallest absolute Gasteiger partial charge is 0.306 e. The summed E-state index contributed by atoms with van der Waals surface area (Å²) in [5.74, 6) is -0.969. The van der Waals surface area contributed by atoms with E-state index in [9.17, 15) is 14.4 Å². The SMILES string of the molecule is CC/C=C\C/C=C\C/C=C\C/C=C\C/C=C\C/C=C\CCCCC(=O)OCC(COC(=O)CCCCCCC/C=C\C/C=C\CCCCC)OC(=O)CCCCCCC/C=C\CCCCCCCCC. The fourth-order valence-corrected chi connectivity index (χ4v) is 7.65. The van der Waals surface area contributed by atoms with Crippen LogP contribution in [0.2, 0.25) is 0 Å². The van der Waals surface area contributed by atoms with Gasteiger partial charge in [0, 0.05) is 19.3 Å². The second-order valence-corrected chi connectivity index (χ2v) is 18.8. The van der Waals surface area contributed by atoms with Crippen molar-refractivity contribution in [3.8, 4) is 0 Å². The number of ether oxygens (including phenoxy) is 3. The van der Waals surface area contributed by atoms with Gasteiger partial charge in [0.2, 0.25) is 0 Å². The summed E-state index contributed by atoms with van der Waals surface area (Å²) in [5, 5.41) is 0. The molecule has 0 aliphatic rings. The maximum absolute atomic E-state index is 12.9. The molecule has 0 aromatic rings. The number of hydrogen-bond acceptors (Lipinski definition) is 6. The van der Waals surface area contributed by atoms with Crippen LogP contribution < -0.4 is 0 Å². The third-order valence-corrected chi connectivity index (χ3v) is 12.0. The van der Waals surface area contributed by atoms with Gasteiger partial charge in [0.1, 0.15) is 13.2 Å². The molecular weight excluding hydrogens is 865 g/mol. The molecular formula is C64H106O6. The molecule has 1 unspecified atom stereocenters. The molecule has 0 fully saturated rings. The lowest BCUT2D eigenvalue weighted by molar-refractivity contribution is -0.167. The summed E-state index contributed by atoms with van der Waals surface area (Å²) in [7, 11) is 0. The molecule has 0 aliphatic heterocycles. The Labute approximate surface area is 431 Å². The van der Waals surface area contributed by atoms with E-state index in [2.05, 4.69) is 130 Å². The lowest BCUT2D eigenvalue weighted by atomic mass is 10.1. The summed E-state index contributed by atoms with van der Waals surface area (Å²) in [5.41, 5.74) is 0. The first-order valence-electron chi connectivity index (χ1n) is 28.9. The molecule has 0 spiro atoms. The third-order valence-electron chi connectivity index (χ3n) is 12.0. The Balaban J connectivity index is 4.50. The van der Waals surface area contributed by atoms with E-state index in [0.29, 0.717) is 25.7 Å². The monoisotopic (exact) mass is 971 g/mol. The van der Waals surface area contributed by atoms with Crippen molar-refractivity contribution in [3.63, 3.8) is 0 Å². The van der Waals surface area contributed by atoms with Gasteiger partial charge in [-0.2, -0.15) is 0 Å². The summed E-state index contributed by atoms with van der Waals surface area (Å²) in [6, 6.07) is 0. The Morgan fingerprint density at radius 3 is 0.943 bits per heavy atom. The van der Waals surface area contributed by atoms with E-state index >= 15 is 0 Å². The Morgan fingerprint density at radius 2 is 0.557 bits per heavy atom. The van der Waals surface area contributed by atoms with E-state index in [0.717, 1.165) is 128 Å². The van der Waals surface area contributed by atoms with E-state index in [4.69, 9.17) is 14.2 Å². The maximum atomic E-state index is 12.9. The van der Waals surface area contributed by atoms with Crippen LogP contribution in [0.1, 0.15) is 258 Å². The Bertz CT molecular complexity index is 1440. The molecule has 0 amide bonds. The van der Waals surface area contributed by atoms with E-state index in [1.807, 2.05) is 0 Å². The van der Waals surface area contributed by atoms with Gasteiger partial charge in [-0.05, 0) is 128 Å². The van der Waals surface area contributed by atoms with E-state index < -0.39 is 6.10 Å². The minimum Gasteiger partial charge on any atom is -0.462 e. The van der Waals surface area contributed by atoms with E-state index in [1.54, 1.807) is 0 Å². The molecule has 398 valence electrons. The van der Waals surface area contributed by atoms with Crippen LogP contribution in [0.3, 0.4) is 0 Å². The summed E-state index contributed by atoms with van der Waals surface area (Å²) in [6.07, 6.45) is 77.9. The third kappa shape index (κ3) is 55.0. The average Bonchev–Trinajstić information content (AvgIpc) is 3.36. The van der Waals surface area contributed by atoms with Gasteiger partial charge >= 0.3 is 17.9 Å². The molecule has 0 aromatic carbocycles. The van der Waals surface area contributed by atoms with Crippen LogP contribution >= 0.6 is 0 Å². The average molecular weight is 972 g/mol. The molecule has 0 rings (SSSR count). The molecule has 0 aliphatic carbocycles. The summed E-state index contributed by atoms with van der Waals surface area (Å²) in [4.78, 5) is 38.2. The van der Waals surface area contributed by atoms with Crippen molar-refractivity contribution >= 4 is 17.9 Å². The lowest BCUT2D eigenvalue weighted by Gasteiger charge is -2.18. The number of carbonyl (C=O) groups is 3. The highest BCUT2D eigenvalue weighted by Gasteiger charge is 2.19. The van der Waals surface area contributed by atoms with Crippen molar-refractivity contribution in [1.29, 1.82) is 0 Å². The van der Waals surface area contributed by atoms with E-state index in [1.165, 1.54) is 83.5 Å². The van der Waals surface area contributed by atoms with Crippen LogP contribution in [-0.4, -0.2) is 37.2 Å². The van der Waals surface area contributed by atoms with Gasteiger partial charge in [-0.15, -0.1) is 0 Å². The van der Waals surface area contributed by atoms with E-state index in [-0.39, 0.29) is 31.1 Å². The largest absolute Gasteiger partial charge is 0.462 e. The van der Waals surface area contributed by atoms with Crippen LogP contribution in [0, 0.1) is 0 Å². The highest BCUT2D eigenvalue weighted by atomic mass is 16.6. The van der Waals surface area contributed by atoms with Gasteiger partial charge in [0.05, 0.1) is 0 Å². The molecule has 0 heterocycles. The predicted molar refractivity (Wildman–Crippen MR) is 302 cm³/mol. The van der Waals surface area contributed by atoms with Crippen LogP contribution in [-0.2, 0) is 28.6 Å². The second kappa shape index (κ2) is 57.6. The van der Waals surface area contributed by atoms with Crippen molar-refractivity contribution in [1.82, 2.24) is 0 Å². The molecule has 6 nitrogen and oxygen atoms in total. The van der Waals surface area contributed by atoms with Crippen molar-refractivity contribution in [3.05, 3.63) is 109 Å². The normalized spacial score (nSPS) is 12.9. The molecule has 6 heteroatoms. The standard InChI is InChI=1S/C64H106O6/c1-4-7-10-13-16-19-22-25-28-30-31-32-33-34-37-39-42-45-48-51-54-57-63(66)69-60-61(59-68-62(65)56-53-50-47-44-41-38-35-27-24-21-18-15-12-9-6-3)70-64(67)58-55-52-49-46-43-40-36-29-26-23-20-17-14-11-8-5-2/h7,10,16,18-19,21,25,27-29,31-32,34-37,42,45,61H,4-6,8-9,11-15,17,20,22-24,26,30,33,38-41,43-44,46-60H2,1-3H3/b10-7-,19-16-,21-18-,28-25-,32-31-,35-27-,36-29-,37-34-,45-42-. The number of carbonyl (C=O) groups excluding carboxylic acids is 3. The lowest BCUT2D eigenvalue weighted by Crippen LogP contribution is -2.30. The quantitative estimate of drug-likeness (QED) is 0.0262. The first kappa shape index (κ1) is 66.1. The molecule has 0 N–H and O–H groups in total. The molecule has 0 radical (unpaired) electrons. The molecule has 1 atom stereocenters. The zero-order valence-electron chi connectivity index (χ0n) is 45.5. The summed E-state index contributed by atoms with van der Waals surface area (Å²) < 4.78 is 16.8. The second-order valence-electron chi connectivity index (χ2n) is 18.8. The zero-order chi connectivity index (χ0) is 50.7. The molecule has 0 saturated heterocycles.